The summed E-state index contributed by atoms with van der Waals surface area (Å²) in [6.45, 7) is 3.53. The topological polar surface area (TPSA) is 35.6 Å². The van der Waals surface area contributed by atoms with Crippen molar-refractivity contribution >= 4 is 11.6 Å². The zero-order valence-corrected chi connectivity index (χ0v) is 15.6. The molecule has 1 aliphatic rings. The molecule has 150 valence electrons. The monoisotopic (exact) mass is 391 g/mol. The molecule has 3 rings (SSSR count). The zero-order chi connectivity index (χ0) is 19.9. The summed E-state index contributed by atoms with van der Waals surface area (Å²) >= 11 is 0. The second kappa shape index (κ2) is 9.59. The smallest absolute Gasteiger partial charge is 0.234 e. The van der Waals surface area contributed by atoms with E-state index in [1.807, 2.05) is 0 Å². The Morgan fingerprint density at radius 3 is 2.36 bits per heavy atom. The number of carbonyl (C=O) groups is 1. The van der Waals surface area contributed by atoms with Crippen LogP contribution >= 0.6 is 0 Å². The van der Waals surface area contributed by atoms with E-state index in [1.165, 1.54) is 30.3 Å². The van der Waals surface area contributed by atoms with Crippen molar-refractivity contribution in [2.24, 2.45) is 0 Å². The van der Waals surface area contributed by atoms with Gasteiger partial charge in [0.2, 0.25) is 5.91 Å². The maximum absolute atomic E-state index is 13.6. The van der Waals surface area contributed by atoms with Gasteiger partial charge in [-0.3, -0.25) is 9.69 Å². The van der Waals surface area contributed by atoms with Gasteiger partial charge in [0.1, 0.15) is 17.5 Å². The minimum absolute atomic E-state index is 0.00693. The minimum atomic E-state index is -0.595. The number of halogens is 3. The Morgan fingerprint density at radius 2 is 1.64 bits per heavy atom. The van der Waals surface area contributed by atoms with E-state index < -0.39 is 11.6 Å². The summed E-state index contributed by atoms with van der Waals surface area (Å²) in [5, 5.41) is 2.73. The first-order valence-electron chi connectivity index (χ1n) is 9.45. The highest BCUT2D eigenvalue weighted by Gasteiger charge is 2.17. The number of anilines is 1. The minimum Gasteiger partial charge on any atom is -0.370 e. The van der Waals surface area contributed by atoms with Crippen LogP contribution in [0.25, 0.3) is 0 Å². The summed E-state index contributed by atoms with van der Waals surface area (Å²) in [5.41, 5.74) is 0.965. The maximum atomic E-state index is 13.6. The van der Waals surface area contributed by atoms with Crippen LogP contribution in [0.2, 0.25) is 0 Å². The quantitative estimate of drug-likeness (QED) is 0.823. The average molecular weight is 391 g/mol. The Balaban J connectivity index is 1.44. The molecule has 28 heavy (non-hydrogen) atoms. The van der Waals surface area contributed by atoms with Gasteiger partial charge in [0.25, 0.3) is 0 Å². The molecular formula is C21H24F3N3O. The molecule has 1 heterocycles. The van der Waals surface area contributed by atoms with Gasteiger partial charge in [-0.05, 0) is 49.2 Å². The maximum Gasteiger partial charge on any atom is 0.234 e. The molecule has 0 saturated carbocycles. The number of benzene rings is 2. The second-order valence-corrected chi connectivity index (χ2v) is 6.89. The molecule has 0 aromatic heterocycles. The number of nitrogens with one attached hydrogen (secondary N) is 1. The van der Waals surface area contributed by atoms with E-state index in [9.17, 15) is 18.0 Å². The van der Waals surface area contributed by atoms with Crippen molar-refractivity contribution in [3.63, 3.8) is 0 Å². The van der Waals surface area contributed by atoms with Crippen LogP contribution in [0.5, 0.6) is 0 Å². The average Bonchev–Trinajstić information content (AvgIpc) is 2.90. The Bertz CT molecular complexity index is 778. The lowest BCUT2D eigenvalue weighted by atomic mass is 10.1. The van der Waals surface area contributed by atoms with Gasteiger partial charge in [-0.2, -0.15) is 0 Å². The fraction of sp³-hybridized carbons (Fsp3) is 0.381. The van der Waals surface area contributed by atoms with Gasteiger partial charge in [-0.15, -0.1) is 0 Å². The molecule has 1 amide bonds. The van der Waals surface area contributed by atoms with Gasteiger partial charge < -0.3 is 10.2 Å². The van der Waals surface area contributed by atoms with Gasteiger partial charge in [-0.25, -0.2) is 13.2 Å². The van der Waals surface area contributed by atoms with Gasteiger partial charge >= 0.3 is 0 Å². The number of hydrogen-bond acceptors (Lipinski definition) is 3. The first-order chi connectivity index (χ1) is 13.5. The Labute approximate surface area is 162 Å². The Morgan fingerprint density at radius 1 is 0.929 bits per heavy atom. The van der Waals surface area contributed by atoms with Crippen LogP contribution in [-0.2, 0) is 11.2 Å². The SMILES string of the molecule is O=C(CN1CCCN(c2ccc(F)cc2)CC1)NCCc1c(F)cccc1F. The second-order valence-electron chi connectivity index (χ2n) is 6.89. The fourth-order valence-electron chi connectivity index (χ4n) is 3.40. The largest absolute Gasteiger partial charge is 0.370 e. The highest BCUT2D eigenvalue weighted by Crippen LogP contribution is 2.17. The number of rotatable bonds is 6. The van der Waals surface area contributed by atoms with Gasteiger partial charge in [-0.1, -0.05) is 6.07 Å². The first-order valence-corrected chi connectivity index (χ1v) is 9.45. The number of hydrogen-bond donors (Lipinski definition) is 1. The predicted octanol–water partition coefficient (Wildman–Crippen LogP) is 2.97. The summed E-state index contributed by atoms with van der Waals surface area (Å²) in [6, 6.07) is 10.2. The molecule has 0 unspecified atom stereocenters. The van der Waals surface area contributed by atoms with E-state index in [1.54, 1.807) is 12.1 Å². The van der Waals surface area contributed by atoms with Gasteiger partial charge in [0.15, 0.2) is 0 Å². The summed E-state index contributed by atoms with van der Waals surface area (Å²) in [4.78, 5) is 16.4. The van der Waals surface area contributed by atoms with Crippen molar-refractivity contribution in [1.82, 2.24) is 10.2 Å². The lowest BCUT2D eigenvalue weighted by molar-refractivity contribution is -0.122. The van der Waals surface area contributed by atoms with E-state index in [0.29, 0.717) is 6.54 Å². The molecule has 1 aliphatic heterocycles. The molecule has 4 nitrogen and oxygen atoms in total. The lowest BCUT2D eigenvalue weighted by Crippen LogP contribution is -2.40. The Hall–Kier alpha value is -2.54. The summed E-state index contributed by atoms with van der Waals surface area (Å²) in [5.74, 6) is -1.61. The highest BCUT2D eigenvalue weighted by atomic mass is 19.1. The molecule has 0 aliphatic carbocycles. The van der Waals surface area contributed by atoms with Crippen molar-refractivity contribution < 1.29 is 18.0 Å². The highest BCUT2D eigenvalue weighted by molar-refractivity contribution is 5.78. The van der Waals surface area contributed by atoms with Crippen molar-refractivity contribution in [3.05, 3.63) is 65.5 Å². The predicted molar refractivity (Wildman–Crippen MR) is 103 cm³/mol. The van der Waals surface area contributed by atoms with Gasteiger partial charge in [0.05, 0.1) is 6.54 Å². The van der Waals surface area contributed by atoms with Crippen LogP contribution in [-0.4, -0.2) is 50.1 Å². The summed E-state index contributed by atoms with van der Waals surface area (Å²) in [7, 11) is 0. The van der Waals surface area contributed by atoms with Crippen LogP contribution in [0, 0.1) is 17.5 Å². The number of amides is 1. The molecule has 2 aromatic carbocycles. The number of nitrogens with zero attached hydrogens (tertiary/aromatic N) is 2. The van der Waals surface area contributed by atoms with E-state index in [4.69, 9.17) is 0 Å². The molecule has 0 bridgehead atoms. The van der Waals surface area contributed by atoms with E-state index in [-0.39, 0.29) is 36.8 Å². The molecule has 0 spiro atoms. The van der Waals surface area contributed by atoms with Crippen LogP contribution in [0.1, 0.15) is 12.0 Å². The van der Waals surface area contributed by atoms with Crippen LogP contribution in [0.15, 0.2) is 42.5 Å². The molecule has 2 aromatic rings. The normalized spacial score (nSPS) is 15.3. The molecule has 1 fully saturated rings. The van der Waals surface area contributed by atoms with Crippen molar-refractivity contribution in [2.45, 2.75) is 12.8 Å². The fourth-order valence-corrected chi connectivity index (χ4v) is 3.40. The van der Waals surface area contributed by atoms with Crippen molar-refractivity contribution in [3.8, 4) is 0 Å². The molecule has 1 saturated heterocycles. The third-order valence-electron chi connectivity index (χ3n) is 4.91. The molecule has 1 N–H and O–H groups in total. The van der Waals surface area contributed by atoms with Crippen molar-refractivity contribution in [1.29, 1.82) is 0 Å². The van der Waals surface area contributed by atoms with E-state index in [2.05, 4.69) is 15.1 Å². The van der Waals surface area contributed by atoms with Crippen LogP contribution in [0.4, 0.5) is 18.9 Å². The number of carbonyl (C=O) groups excluding carboxylic acids is 1. The zero-order valence-electron chi connectivity index (χ0n) is 15.6. The first kappa shape index (κ1) is 20.2. The Kier molecular flexibility index (Phi) is 6.92. The third kappa shape index (κ3) is 5.48. The third-order valence-corrected chi connectivity index (χ3v) is 4.91. The van der Waals surface area contributed by atoms with Crippen LogP contribution < -0.4 is 10.2 Å². The molecule has 0 radical (unpaired) electrons. The molecule has 0 atom stereocenters. The molecular weight excluding hydrogens is 367 g/mol. The lowest BCUT2D eigenvalue weighted by Gasteiger charge is -2.23. The van der Waals surface area contributed by atoms with E-state index in [0.717, 1.165) is 31.7 Å². The molecule has 7 heteroatoms. The summed E-state index contributed by atoms with van der Waals surface area (Å²) < 4.78 is 40.3. The van der Waals surface area contributed by atoms with Crippen LogP contribution in [0.3, 0.4) is 0 Å². The van der Waals surface area contributed by atoms with Crippen molar-refractivity contribution in [2.75, 3.05) is 44.2 Å². The van der Waals surface area contributed by atoms with Gasteiger partial charge in [0, 0.05) is 44.0 Å². The summed E-state index contributed by atoms with van der Waals surface area (Å²) in [6.07, 6.45) is 1.01. The standard InChI is InChI=1S/C21H24F3N3O/c22-16-5-7-17(8-6-16)27-12-2-11-26(13-14-27)15-21(28)25-10-9-18-19(23)3-1-4-20(18)24/h1,3-8H,2,9-15H2,(H,25,28). The van der Waals surface area contributed by atoms with E-state index >= 15 is 0 Å².